The lowest BCUT2D eigenvalue weighted by molar-refractivity contribution is 0.931. The number of halogens is 2. The van der Waals surface area contributed by atoms with Gasteiger partial charge in [0.15, 0.2) is 0 Å². The standard InChI is InChI=1S/C24H21Cl2N3/c25-18-10-11-19(21(26)13-18)24-20(14-27)22(28)6-3-7-23(29-24)17-9-8-15-4-1-2-5-16(15)12-17/h1-2,4-5,7-13H,3,6,14,27-28H2/b22-20+,23-7-,29-24-. The minimum Gasteiger partial charge on any atom is -0.402 e. The van der Waals surface area contributed by atoms with E-state index in [1.54, 1.807) is 12.1 Å². The van der Waals surface area contributed by atoms with Gasteiger partial charge >= 0.3 is 0 Å². The van der Waals surface area contributed by atoms with Gasteiger partial charge in [-0.15, -0.1) is 0 Å². The third kappa shape index (κ3) is 4.08. The molecule has 0 radical (unpaired) electrons. The molecule has 1 heterocycles. The summed E-state index contributed by atoms with van der Waals surface area (Å²) >= 11 is 12.6. The highest BCUT2D eigenvalue weighted by atomic mass is 35.5. The minimum absolute atomic E-state index is 0.286. The van der Waals surface area contributed by atoms with Crippen molar-refractivity contribution in [3.05, 3.63) is 99.2 Å². The molecule has 0 spiro atoms. The Morgan fingerprint density at radius 2 is 1.72 bits per heavy atom. The van der Waals surface area contributed by atoms with Crippen molar-refractivity contribution in [2.45, 2.75) is 12.8 Å². The first kappa shape index (κ1) is 19.7. The highest BCUT2D eigenvalue weighted by Crippen LogP contribution is 2.30. The summed E-state index contributed by atoms with van der Waals surface area (Å²) in [4.78, 5) is 5.01. The van der Waals surface area contributed by atoms with Crippen molar-refractivity contribution in [1.82, 2.24) is 0 Å². The van der Waals surface area contributed by atoms with Crippen molar-refractivity contribution < 1.29 is 0 Å². The molecular weight excluding hydrogens is 401 g/mol. The molecular formula is C24H21Cl2N3. The van der Waals surface area contributed by atoms with E-state index in [0.29, 0.717) is 22.2 Å². The Hall–Kier alpha value is -2.59. The smallest absolute Gasteiger partial charge is 0.0786 e. The first-order valence-electron chi connectivity index (χ1n) is 9.48. The maximum absolute atomic E-state index is 6.51. The van der Waals surface area contributed by atoms with Crippen LogP contribution in [-0.2, 0) is 0 Å². The molecule has 0 saturated heterocycles. The maximum atomic E-state index is 6.51. The summed E-state index contributed by atoms with van der Waals surface area (Å²) in [6.07, 6.45) is 3.63. The van der Waals surface area contributed by atoms with Crippen LogP contribution in [0.4, 0.5) is 0 Å². The van der Waals surface area contributed by atoms with Gasteiger partial charge in [0.1, 0.15) is 0 Å². The highest BCUT2D eigenvalue weighted by molar-refractivity contribution is 6.38. The monoisotopic (exact) mass is 421 g/mol. The third-order valence-electron chi connectivity index (χ3n) is 5.09. The molecule has 5 heteroatoms. The van der Waals surface area contributed by atoms with Gasteiger partial charge in [0, 0.05) is 34.0 Å². The number of allylic oxidation sites excluding steroid dienone is 2. The van der Waals surface area contributed by atoms with E-state index in [2.05, 4.69) is 36.4 Å². The van der Waals surface area contributed by atoms with E-state index < -0.39 is 0 Å². The van der Waals surface area contributed by atoms with Crippen LogP contribution in [0.1, 0.15) is 24.0 Å². The molecule has 3 aromatic carbocycles. The van der Waals surface area contributed by atoms with E-state index in [-0.39, 0.29) is 6.54 Å². The first-order chi connectivity index (χ1) is 14.1. The molecule has 1 aliphatic rings. The lowest BCUT2D eigenvalue weighted by Gasteiger charge is -2.18. The first-order valence-corrected chi connectivity index (χ1v) is 10.2. The zero-order valence-corrected chi connectivity index (χ0v) is 17.3. The molecule has 3 nitrogen and oxygen atoms in total. The average Bonchev–Trinajstić information content (AvgIpc) is 2.71. The van der Waals surface area contributed by atoms with Gasteiger partial charge in [0.25, 0.3) is 0 Å². The number of hydrogen-bond donors (Lipinski definition) is 2. The molecule has 4 N–H and O–H groups in total. The second-order valence-electron chi connectivity index (χ2n) is 6.98. The van der Waals surface area contributed by atoms with Crippen LogP contribution in [0, 0.1) is 0 Å². The van der Waals surface area contributed by atoms with Gasteiger partial charge in [-0.2, -0.15) is 0 Å². The lowest BCUT2D eigenvalue weighted by atomic mass is 9.96. The minimum atomic E-state index is 0.286. The predicted molar refractivity (Wildman–Crippen MR) is 124 cm³/mol. The zero-order chi connectivity index (χ0) is 20.4. The molecule has 0 aromatic heterocycles. The maximum Gasteiger partial charge on any atom is 0.0786 e. The number of fused-ring (bicyclic) bond motifs is 1. The molecule has 0 amide bonds. The molecule has 0 unspecified atom stereocenters. The molecule has 0 fully saturated rings. The van der Waals surface area contributed by atoms with Crippen molar-refractivity contribution in [2.24, 2.45) is 16.5 Å². The zero-order valence-electron chi connectivity index (χ0n) is 15.8. The molecule has 0 aliphatic carbocycles. The molecule has 1 aliphatic heterocycles. The van der Waals surface area contributed by atoms with Gasteiger partial charge in [-0.1, -0.05) is 65.7 Å². The van der Waals surface area contributed by atoms with Crippen molar-refractivity contribution in [2.75, 3.05) is 6.54 Å². The molecule has 146 valence electrons. The summed E-state index contributed by atoms with van der Waals surface area (Å²) in [6.45, 7) is 0.286. The van der Waals surface area contributed by atoms with Crippen molar-refractivity contribution in [1.29, 1.82) is 0 Å². The van der Waals surface area contributed by atoms with E-state index >= 15 is 0 Å². The Kier molecular flexibility index (Phi) is 5.72. The molecule has 0 bridgehead atoms. The Balaban J connectivity index is 1.90. The number of nitrogens with two attached hydrogens (primary N) is 2. The number of rotatable bonds is 3. The molecule has 0 atom stereocenters. The number of nitrogens with zero attached hydrogens (tertiary/aromatic N) is 1. The Labute approximate surface area is 180 Å². The summed E-state index contributed by atoms with van der Waals surface area (Å²) < 4.78 is 0. The van der Waals surface area contributed by atoms with Crippen molar-refractivity contribution in [3.8, 4) is 0 Å². The van der Waals surface area contributed by atoms with Crippen LogP contribution in [0.3, 0.4) is 0 Å². The number of benzene rings is 3. The fourth-order valence-corrected chi connectivity index (χ4v) is 4.06. The quantitative estimate of drug-likeness (QED) is 0.549. The second kappa shape index (κ2) is 8.42. The van der Waals surface area contributed by atoms with E-state index in [4.69, 9.17) is 39.7 Å². The van der Waals surface area contributed by atoms with Gasteiger partial charge in [0.2, 0.25) is 0 Å². The van der Waals surface area contributed by atoms with Gasteiger partial charge < -0.3 is 11.5 Å². The SMILES string of the molecule is NCC1=C(\N)CC\C=C(c2ccc3ccccc3c2)/N=C\1c1ccc(Cl)cc1Cl. The number of hydrogen-bond acceptors (Lipinski definition) is 3. The Bertz CT molecular complexity index is 1180. The molecule has 0 saturated carbocycles. The summed E-state index contributed by atoms with van der Waals surface area (Å²) in [5, 5.41) is 3.46. The average molecular weight is 422 g/mol. The van der Waals surface area contributed by atoms with E-state index in [1.807, 2.05) is 18.2 Å². The number of aliphatic imine (C=N–C) groups is 1. The summed E-state index contributed by atoms with van der Waals surface area (Å²) in [7, 11) is 0. The van der Waals surface area contributed by atoms with Crippen molar-refractivity contribution >= 4 is 45.4 Å². The molecule has 29 heavy (non-hydrogen) atoms. The van der Waals surface area contributed by atoms with Gasteiger partial charge in [-0.3, -0.25) is 0 Å². The lowest BCUT2D eigenvalue weighted by Crippen LogP contribution is -2.21. The van der Waals surface area contributed by atoms with Gasteiger partial charge in [-0.25, -0.2) is 4.99 Å². The van der Waals surface area contributed by atoms with Gasteiger partial charge in [-0.05, 0) is 47.9 Å². The summed E-state index contributed by atoms with van der Waals surface area (Å²) in [6, 6.07) is 20.0. The highest BCUT2D eigenvalue weighted by Gasteiger charge is 2.19. The Morgan fingerprint density at radius 3 is 2.48 bits per heavy atom. The third-order valence-corrected chi connectivity index (χ3v) is 5.64. The van der Waals surface area contributed by atoms with Crippen LogP contribution in [-0.4, -0.2) is 12.3 Å². The van der Waals surface area contributed by atoms with Crippen LogP contribution in [0.5, 0.6) is 0 Å². The Morgan fingerprint density at radius 1 is 0.931 bits per heavy atom. The predicted octanol–water partition coefficient (Wildman–Crippen LogP) is 5.94. The van der Waals surface area contributed by atoms with Crippen LogP contribution < -0.4 is 11.5 Å². The van der Waals surface area contributed by atoms with Crippen LogP contribution in [0.25, 0.3) is 16.5 Å². The van der Waals surface area contributed by atoms with Gasteiger partial charge in [0.05, 0.1) is 16.4 Å². The molecule has 3 aromatic rings. The summed E-state index contributed by atoms with van der Waals surface area (Å²) in [5.41, 5.74) is 17.4. The van der Waals surface area contributed by atoms with Crippen LogP contribution in [0.15, 0.2) is 83.0 Å². The van der Waals surface area contributed by atoms with E-state index in [0.717, 1.165) is 34.5 Å². The van der Waals surface area contributed by atoms with Crippen molar-refractivity contribution in [3.63, 3.8) is 0 Å². The normalized spacial score (nSPS) is 21.1. The summed E-state index contributed by atoms with van der Waals surface area (Å²) in [5.74, 6) is 0. The fraction of sp³-hybridized carbons (Fsp3) is 0.125. The van der Waals surface area contributed by atoms with E-state index in [9.17, 15) is 0 Å². The molecule has 4 rings (SSSR count). The van der Waals surface area contributed by atoms with Crippen LogP contribution >= 0.6 is 23.2 Å². The van der Waals surface area contributed by atoms with E-state index in [1.165, 1.54) is 10.8 Å². The second-order valence-corrected chi connectivity index (χ2v) is 7.83. The topological polar surface area (TPSA) is 64.4 Å². The fourth-order valence-electron chi connectivity index (χ4n) is 3.56. The largest absolute Gasteiger partial charge is 0.402 e. The van der Waals surface area contributed by atoms with Crippen LogP contribution in [0.2, 0.25) is 10.0 Å².